The quantitative estimate of drug-likeness (QED) is 0.767. The molecule has 0 radical (unpaired) electrons. The zero-order valence-electron chi connectivity index (χ0n) is 6.50. The van der Waals surface area contributed by atoms with Crippen LogP contribution in [0.4, 0.5) is 4.39 Å². The summed E-state index contributed by atoms with van der Waals surface area (Å²) in [5.41, 5.74) is 1.32. The van der Waals surface area contributed by atoms with E-state index in [1.54, 1.807) is 0 Å². The van der Waals surface area contributed by atoms with Gasteiger partial charge in [-0.25, -0.2) is 0 Å². The van der Waals surface area contributed by atoms with Crippen LogP contribution in [0.2, 0.25) is 0 Å². The van der Waals surface area contributed by atoms with E-state index in [-0.39, 0.29) is 0 Å². The highest BCUT2D eigenvalue weighted by Gasteiger charge is 2.04. The molecule has 2 rings (SSSR count). The van der Waals surface area contributed by atoms with Crippen LogP contribution in [-0.4, -0.2) is 5.16 Å². The van der Waals surface area contributed by atoms with Gasteiger partial charge in [0.2, 0.25) is 0 Å². The second-order valence-electron chi connectivity index (χ2n) is 2.53. The molecule has 0 bridgehead atoms. The summed E-state index contributed by atoms with van der Waals surface area (Å²) < 4.78 is 17.7. The van der Waals surface area contributed by atoms with Gasteiger partial charge in [0.05, 0.1) is 0 Å². The Morgan fingerprint density at radius 3 is 2.77 bits per heavy atom. The Balaban J connectivity index is 2.46. The monoisotopic (exact) mass is 241 g/mol. The lowest BCUT2D eigenvalue weighted by atomic mass is 10.2. The van der Waals surface area contributed by atoms with Crippen molar-refractivity contribution >= 4 is 15.9 Å². The zero-order valence-corrected chi connectivity index (χ0v) is 8.08. The van der Waals surface area contributed by atoms with Crippen molar-refractivity contribution < 1.29 is 8.91 Å². The van der Waals surface area contributed by atoms with Gasteiger partial charge in [-0.1, -0.05) is 33.2 Å². The molecular weight excluding hydrogens is 237 g/mol. The van der Waals surface area contributed by atoms with E-state index in [0.717, 1.165) is 10.0 Å². The number of aromatic nitrogens is 1. The van der Waals surface area contributed by atoms with Crippen molar-refractivity contribution in [2.75, 3.05) is 0 Å². The molecule has 1 aromatic carbocycles. The summed E-state index contributed by atoms with van der Waals surface area (Å²) in [4.78, 5) is 0. The number of halogens is 2. The summed E-state index contributed by atoms with van der Waals surface area (Å²) in [7, 11) is 0. The van der Waals surface area contributed by atoms with E-state index >= 15 is 0 Å². The molecule has 0 N–H and O–H groups in total. The Kier molecular flexibility index (Phi) is 2.14. The summed E-state index contributed by atoms with van der Waals surface area (Å²) in [5.74, 6) is 0. The molecule has 2 nitrogen and oxygen atoms in total. The van der Waals surface area contributed by atoms with Gasteiger partial charge in [-0.2, -0.15) is 4.39 Å². The van der Waals surface area contributed by atoms with E-state index in [1.807, 2.05) is 24.3 Å². The van der Waals surface area contributed by atoms with E-state index in [4.69, 9.17) is 0 Å². The molecule has 13 heavy (non-hydrogen) atoms. The van der Waals surface area contributed by atoms with Gasteiger partial charge < -0.3 is 4.52 Å². The molecule has 1 aromatic heterocycles. The fraction of sp³-hybridized carbons (Fsp3) is 0. The Morgan fingerprint density at radius 2 is 2.15 bits per heavy atom. The van der Waals surface area contributed by atoms with E-state index in [2.05, 4.69) is 25.6 Å². The fourth-order valence-corrected chi connectivity index (χ4v) is 1.44. The molecule has 0 fully saturated rings. The van der Waals surface area contributed by atoms with Crippen LogP contribution in [0.5, 0.6) is 0 Å². The predicted molar refractivity (Wildman–Crippen MR) is 49.6 cm³/mol. The van der Waals surface area contributed by atoms with Gasteiger partial charge in [0, 0.05) is 16.1 Å². The first-order valence-corrected chi connectivity index (χ1v) is 4.43. The predicted octanol–water partition coefficient (Wildman–Crippen LogP) is 3.24. The average Bonchev–Trinajstić information content (AvgIpc) is 2.52. The van der Waals surface area contributed by atoms with Gasteiger partial charge in [-0.15, -0.1) is 0 Å². The van der Waals surface area contributed by atoms with Crippen molar-refractivity contribution in [3.63, 3.8) is 0 Å². The molecule has 0 aliphatic rings. The molecule has 0 amide bonds. The first-order valence-electron chi connectivity index (χ1n) is 3.64. The molecule has 0 aliphatic heterocycles. The van der Waals surface area contributed by atoms with E-state index in [1.165, 1.54) is 6.07 Å². The van der Waals surface area contributed by atoms with Crippen LogP contribution in [0.3, 0.4) is 0 Å². The van der Waals surface area contributed by atoms with Gasteiger partial charge >= 0.3 is 6.01 Å². The van der Waals surface area contributed by atoms with E-state index < -0.39 is 6.01 Å². The highest BCUT2D eigenvalue weighted by Crippen LogP contribution is 2.21. The first-order chi connectivity index (χ1) is 6.25. The minimum atomic E-state index is -0.671. The van der Waals surface area contributed by atoms with Crippen LogP contribution in [-0.2, 0) is 0 Å². The zero-order chi connectivity index (χ0) is 9.26. The molecule has 0 spiro atoms. The van der Waals surface area contributed by atoms with E-state index in [0.29, 0.717) is 5.69 Å². The number of nitrogens with zero attached hydrogens (tertiary/aromatic N) is 1. The first kappa shape index (κ1) is 8.44. The number of hydrogen-bond acceptors (Lipinski definition) is 2. The van der Waals surface area contributed by atoms with E-state index in [9.17, 15) is 4.39 Å². The number of rotatable bonds is 1. The fourth-order valence-electron chi connectivity index (χ4n) is 1.04. The summed E-state index contributed by atoms with van der Waals surface area (Å²) >= 11 is 3.31. The third kappa shape index (κ3) is 1.78. The highest BCUT2D eigenvalue weighted by atomic mass is 79.9. The van der Waals surface area contributed by atoms with Gasteiger partial charge in [-0.05, 0) is 12.1 Å². The number of benzene rings is 1. The van der Waals surface area contributed by atoms with Crippen molar-refractivity contribution in [3.05, 3.63) is 40.8 Å². The van der Waals surface area contributed by atoms with Crippen molar-refractivity contribution in [3.8, 4) is 11.3 Å². The molecule has 1 heterocycles. The van der Waals surface area contributed by atoms with Crippen LogP contribution in [0.15, 0.2) is 39.3 Å². The Labute approximate surface area is 82.5 Å². The standard InChI is InChI=1S/C9H5BrFNO/c10-7-3-1-2-6(4-7)8-5-9(11)13-12-8/h1-5H. The lowest BCUT2D eigenvalue weighted by Gasteiger charge is -1.94. The molecule has 0 atom stereocenters. The maximum Gasteiger partial charge on any atom is 0.306 e. The van der Waals surface area contributed by atoms with Crippen LogP contribution in [0.1, 0.15) is 0 Å². The lowest BCUT2D eigenvalue weighted by molar-refractivity contribution is 0.283. The van der Waals surface area contributed by atoms with Crippen molar-refractivity contribution in [1.82, 2.24) is 5.16 Å². The van der Waals surface area contributed by atoms with Crippen LogP contribution >= 0.6 is 15.9 Å². The molecular formula is C9H5BrFNO. The summed E-state index contributed by atoms with van der Waals surface area (Å²) in [6.45, 7) is 0. The maximum atomic E-state index is 12.5. The number of hydrogen-bond donors (Lipinski definition) is 0. The topological polar surface area (TPSA) is 26.0 Å². The van der Waals surface area contributed by atoms with Crippen LogP contribution in [0.25, 0.3) is 11.3 Å². The summed E-state index contributed by atoms with van der Waals surface area (Å²) in [5, 5.41) is 3.56. The average molecular weight is 242 g/mol. The molecule has 0 unspecified atom stereocenters. The largest absolute Gasteiger partial charge is 0.325 e. The van der Waals surface area contributed by atoms with Crippen LogP contribution < -0.4 is 0 Å². The molecule has 4 heteroatoms. The van der Waals surface area contributed by atoms with Gasteiger partial charge in [0.25, 0.3) is 0 Å². The molecule has 0 saturated heterocycles. The second kappa shape index (κ2) is 3.30. The summed E-state index contributed by atoms with van der Waals surface area (Å²) in [6.07, 6.45) is 0. The Bertz CT molecular complexity index is 427. The van der Waals surface area contributed by atoms with Crippen molar-refractivity contribution in [2.45, 2.75) is 0 Å². The van der Waals surface area contributed by atoms with Gasteiger partial charge in [-0.3, -0.25) is 0 Å². The molecule has 0 aliphatic carbocycles. The maximum absolute atomic E-state index is 12.5. The third-order valence-electron chi connectivity index (χ3n) is 1.60. The molecule has 2 aromatic rings. The third-order valence-corrected chi connectivity index (χ3v) is 2.10. The molecule has 0 saturated carbocycles. The Hall–Kier alpha value is -1.16. The Morgan fingerprint density at radius 1 is 1.31 bits per heavy atom. The van der Waals surface area contributed by atoms with Gasteiger partial charge in [0.15, 0.2) is 0 Å². The SMILES string of the molecule is Fc1cc(-c2cccc(Br)c2)no1. The van der Waals surface area contributed by atoms with Crippen molar-refractivity contribution in [1.29, 1.82) is 0 Å². The minimum Gasteiger partial charge on any atom is -0.325 e. The molecule has 66 valence electrons. The lowest BCUT2D eigenvalue weighted by Crippen LogP contribution is -1.75. The van der Waals surface area contributed by atoms with Crippen molar-refractivity contribution in [2.24, 2.45) is 0 Å². The van der Waals surface area contributed by atoms with Gasteiger partial charge in [0.1, 0.15) is 5.69 Å². The second-order valence-corrected chi connectivity index (χ2v) is 3.44. The summed E-state index contributed by atoms with van der Waals surface area (Å²) in [6, 6.07) is 8.00. The highest BCUT2D eigenvalue weighted by molar-refractivity contribution is 9.10. The minimum absolute atomic E-state index is 0.499. The smallest absolute Gasteiger partial charge is 0.306 e. The van der Waals surface area contributed by atoms with Crippen LogP contribution in [0, 0.1) is 6.01 Å². The normalized spacial score (nSPS) is 10.3.